The van der Waals surface area contributed by atoms with E-state index >= 15 is 0 Å². The van der Waals surface area contributed by atoms with Crippen molar-refractivity contribution in [2.45, 2.75) is 19.0 Å². The number of imide groups is 1. The second kappa shape index (κ2) is 8.81. The number of amides is 2. The van der Waals surface area contributed by atoms with Crippen LogP contribution in [-0.2, 0) is 14.4 Å². The van der Waals surface area contributed by atoms with Crippen molar-refractivity contribution in [1.82, 2.24) is 4.90 Å². The maximum absolute atomic E-state index is 14.0. The van der Waals surface area contributed by atoms with Crippen LogP contribution in [0.4, 0.5) is 5.69 Å². The summed E-state index contributed by atoms with van der Waals surface area (Å²) in [6.07, 6.45) is 3.74. The summed E-state index contributed by atoms with van der Waals surface area (Å²) >= 11 is 3.39. The molecule has 8 heteroatoms. The Balaban J connectivity index is 1.44. The number of nitrogens with zero attached hydrogens (tertiary/aromatic N) is 2. The van der Waals surface area contributed by atoms with Crippen molar-refractivity contribution in [2.75, 3.05) is 4.90 Å². The Morgan fingerprint density at radius 3 is 2.24 bits per heavy atom. The van der Waals surface area contributed by atoms with Crippen LogP contribution in [0.2, 0.25) is 0 Å². The van der Waals surface area contributed by atoms with Gasteiger partial charge in [0.15, 0.2) is 5.78 Å². The first-order valence-electron chi connectivity index (χ1n) is 11.9. The molecule has 0 spiro atoms. The number of carbonyl (C=O) groups is 4. The zero-order valence-electron chi connectivity index (χ0n) is 19.7. The lowest BCUT2D eigenvalue weighted by atomic mass is 9.83. The Hall–Kier alpha value is -4.04. The maximum atomic E-state index is 14.0. The van der Waals surface area contributed by atoms with E-state index in [1.54, 1.807) is 48.5 Å². The van der Waals surface area contributed by atoms with Gasteiger partial charge in [-0.2, -0.15) is 0 Å². The van der Waals surface area contributed by atoms with E-state index in [2.05, 4.69) is 15.9 Å². The summed E-state index contributed by atoms with van der Waals surface area (Å²) in [4.78, 5) is 56.1. The lowest BCUT2D eigenvalue weighted by Gasteiger charge is -2.35. The third-order valence-corrected chi connectivity index (χ3v) is 7.74. The van der Waals surface area contributed by atoms with Gasteiger partial charge in [0.25, 0.3) is 0 Å². The molecule has 2 saturated heterocycles. The lowest BCUT2D eigenvalue weighted by molar-refractivity contribution is -0.132. The fourth-order valence-electron chi connectivity index (χ4n) is 5.73. The minimum Gasteiger partial charge on any atom is -0.427 e. The summed E-state index contributed by atoms with van der Waals surface area (Å²) in [6, 6.07) is 19.7. The fourth-order valence-corrected chi connectivity index (χ4v) is 5.99. The van der Waals surface area contributed by atoms with Crippen molar-refractivity contribution < 1.29 is 23.9 Å². The number of benzene rings is 3. The van der Waals surface area contributed by atoms with Crippen LogP contribution in [0.3, 0.4) is 0 Å². The average molecular weight is 557 g/mol. The number of carbonyl (C=O) groups excluding carboxylic acids is 4. The van der Waals surface area contributed by atoms with Crippen molar-refractivity contribution in [3.63, 3.8) is 0 Å². The standard InChI is InChI=1S/C29H21BrN2O5/c1-16(33)37-21-12-6-18(7-13-21)27(34)26-24-23(25-22-5-3-2-4-17(22)14-15-31(25)26)28(35)32(29(24)36)20-10-8-19(30)9-11-20/h2-15,23-26H,1H3/t23-,24-,25+,26-/m0/s1. The number of Topliss-reactive ketones (excluding diaryl/α,β-unsaturated/α-hetero) is 1. The lowest BCUT2D eigenvalue weighted by Crippen LogP contribution is -2.44. The van der Waals surface area contributed by atoms with Crippen LogP contribution in [0, 0.1) is 11.8 Å². The van der Waals surface area contributed by atoms with Gasteiger partial charge in [0, 0.05) is 23.2 Å². The van der Waals surface area contributed by atoms with Gasteiger partial charge in [0.05, 0.1) is 23.6 Å². The van der Waals surface area contributed by atoms with Crippen LogP contribution in [0.5, 0.6) is 5.75 Å². The number of hydrogen-bond acceptors (Lipinski definition) is 6. The van der Waals surface area contributed by atoms with E-state index in [1.165, 1.54) is 11.8 Å². The highest BCUT2D eigenvalue weighted by Crippen LogP contribution is 2.53. The molecule has 37 heavy (non-hydrogen) atoms. The number of esters is 1. The number of ether oxygens (including phenoxy) is 1. The summed E-state index contributed by atoms with van der Waals surface area (Å²) in [5, 5.41) is 0. The Kier molecular flexibility index (Phi) is 5.56. The monoisotopic (exact) mass is 556 g/mol. The molecule has 3 aliphatic rings. The van der Waals surface area contributed by atoms with Crippen LogP contribution in [0.25, 0.3) is 6.08 Å². The quantitative estimate of drug-likeness (QED) is 0.199. The molecule has 3 aromatic rings. The second-order valence-corrected chi connectivity index (χ2v) is 10.2. The van der Waals surface area contributed by atoms with Gasteiger partial charge in [0.2, 0.25) is 11.8 Å². The van der Waals surface area contributed by atoms with E-state index in [0.29, 0.717) is 17.0 Å². The minimum atomic E-state index is -0.865. The average Bonchev–Trinajstić information content (AvgIpc) is 3.37. The molecule has 7 nitrogen and oxygen atoms in total. The molecule has 0 N–H and O–H groups in total. The number of fused-ring (bicyclic) bond motifs is 5. The molecule has 0 aromatic heterocycles. The van der Waals surface area contributed by atoms with Gasteiger partial charge in [-0.1, -0.05) is 40.2 Å². The highest BCUT2D eigenvalue weighted by Gasteiger charge is 2.64. The summed E-state index contributed by atoms with van der Waals surface area (Å²) in [6.45, 7) is 1.30. The first kappa shape index (κ1) is 23.4. The van der Waals surface area contributed by atoms with Gasteiger partial charge in [-0.3, -0.25) is 19.2 Å². The van der Waals surface area contributed by atoms with Gasteiger partial charge in [-0.15, -0.1) is 0 Å². The first-order valence-corrected chi connectivity index (χ1v) is 12.6. The van der Waals surface area contributed by atoms with Crippen LogP contribution in [0.15, 0.2) is 83.5 Å². The Labute approximate surface area is 221 Å². The molecule has 2 amide bonds. The third-order valence-electron chi connectivity index (χ3n) is 7.22. The SMILES string of the molecule is CC(=O)Oc1ccc(C(=O)[C@@H]2[C@H]3C(=O)N(c4ccc(Br)cc4)C(=O)[C@@H]3[C@H]3c4ccccc4C=CN23)cc1. The van der Waals surface area contributed by atoms with Crippen molar-refractivity contribution in [3.8, 4) is 5.75 Å². The topological polar surface area (TPSA) is 84.0 Å². The number of ketones is 1. The van der Waals surface area contributed by atoms with Crippen LogP contribution >= 0.6 is 15.9 Å². The largest absolute Gasteiger partial charge is 0.427 e. The van der Waals surface area contributed by atoms with E-state index in [-0.39, 0.29) is 17.6 Å². The number of rotatable bonds is 4. The predicted molar refractivity (Wildman–Crippen MR) is 140 cm³/mol. The Morgan fingerprint density at radius 1 is 0.865 bits per heavy atom. The molecule has 6 rings (SSSR count). The fraction of sp³-hybridized carbons (Fsp3) is 0.172. The molecule has 0 radical (unpaired) electrons. The van der Waals surface area contributed by atoms with Crippen molar-refractivity contribution >= 4 is 51.3 Å². The number of hydrogen-bond donors (Lipinski definition) is 0. The van der Waals surface area contributed by atoms with Gasteiger partial charge >= 0.3 is 5.97 Å². The molecule has 4 atom stereocenters. The molecule has 3 aromatic carbocycles. The van der Waals surface area contributed by atoms with Gasteiger partial charge < -0.3 is 9.64 Å². The summed E-state index contributed by atoms with van der Waals surface area (Å²) in [5.41, 5.74) is 2.73. The molecule has 0 unspecified atom stereocenters. The van der Waals surface area contributed by atoms with E-state index in [9.17, 15) is 19.2 Å². The summed E-state index contributed by atoms with van der Waals surface area (Å²) in [7, 11) is 0. The van der Waals surface area contributed by atoms with Crippen LogP contribution in [0.1, 0.15) is 34.5 Å². The maximum Gasteiger partial charge on any atom is 0.308 e. The highest BCUT2D eigenvalue weighted by atomic mass is 79.9. The molecule has 0 aliphatic carbocycles. The molecular weight excluding hydrogens is 536 g/mol. The summed E-state index contributed by atoms with van der Waals surface area (Å²) in [5.74, 6) is -2.65. The van der Waals surface area contributed by atoms with Gasteiger partial charge in [-0.25, -0.2) is 4.90 Å². The van der Waals surface area contributed by atoms with Crippen molar-refractivity contribution in [1.29, 1.82) is 0 Å². The molecule has 0 bridgehead atoms. The molecule has 3 aliphatic heterocycles. The molecule has 184 valence electrons. The van der Waals surface area contributed by atoms with E-state index in [4.69, 9.17) is 4.74 Å². The molecular formula is C29H21BrN2O5. The molecule has 3 heterocycles. The molecule has 2 fully saturated rings. The zero-order chi connectivity index (χ0) is 25.8. The smallest absolute Gasteiger partial charge is 0.308 e. The number of halogens is 1. The van der Waals surface area contributed by atoms with Crippen LogP contribution < -0.4 is 9.64 Å². The first-order chi connectivity index (χ1) is 17.8. The number of anilines is 1. The predicted octanol–water partition coefficient (Wildman–Crippen LogP) is 4.77. The van der Waals surface area contributed by atoms with Crippen molar-refractivity contribution in [2.24, 2.45) is 11.8 Å². The van der Waals surface area contributed by atoms with Crippen molar-refractivity contribution in [3.05, 3.63) is 100 Å². The highest BCUT2D eigenvalue weighted by molar-refractivity contribution is 9.10. The van der Waals surface area contributed by atoms with E-state index in [0.717, 1.165) is 15.6 Å². The van der Waals surface area contributed by atoms with E-state index in [1.807, 2.05) is 41.4 Å². The third kappa shape index (κ3) is 3.71. The Morgan fingerprint density at radius 2 is 1.54 bits per heavy atom. The van der Waals surface area contributed by atoms with E-state index < -0.39 is 29.9 Å². The van der Waals surface area contributed by atoms with Gasteiger partial charge in [-0.05, 0) is 65.7 Å². The molecule has 0 saturated carbocycles. The second-order valence-electron chi connectivity index (χ2n) is 9.30. The van der Waals surface area contributed by atoms with Crippen LogP contribution in [-0.4, -0.2) is 34.5 Å². The minimum absolute atomic E-state index is 0.269. The van der Waals surface area contributed by atoms with Gasteiger partial charge in [0.1, 0.15) is 11.8 Å². The zero-order valence-corrected chi connectivity index (χ0v) is 21.3. The normalized spacial score (nSPS) is 23.5. The summed E-state index contributed by atoms with van der Waals surface area (Å²) < 4.78 is 5.92. The Bertz CT molecular complexity index is 1480.